The van der Waals surface area contributed by atoms with Crippen LogP contribution in [0.5, 0.6) is 0 Å². The Bertz CT molecular complexity index is 450. The van der Waals surface area contributed by atoms with Crippen LogP contribution >= 0.6 is 11.3 Å². The molecule has 0 aliphatic carbocycles. The number of aromatic nitrogens is 1. The first-order chi connectivity index (χ1) is 8.35. The molecule has 0 saturated carbocycles. The van der Waals surface area contributed by atoms with Gasteiger partial charge in [0.15, 0.2) is 0 Å². The maximum atomic E-state index is 4.17. The maximum Gasteiger partial charge on any atom is 0.0456 e. The third-order valence-corrected chi connectivity index (χ3v) is 4.06. The van der Waals surface area contributed by atoms with Gasteiger partial charge < -0.3 is 5.32 Å². The van der Waals surface area contributed by atoms with Gasteiger partial charge in [0.2, 0.25) is 0 Å². The van der Waals surface area contributed by atoms with Crippen molar-refractivity contribution >= 4 is 11.3 Å². The molecule has 0 fully saturated rings. The average molecular weight is 246 g/mol. The number of hydrogen-bond donors (Lipinski definition) is 1. The first-order valence-corrected chi connectivity index (χ1v) is 6.85. The number of nitrogens with zero attached hydrogens (tertiary/aromatic N) is 1. The second kappa shape index (κ2) is 5.94. The van der Waals surface area contributed by atoms with Gasteiger partial charge in [0, 0.05) is 23.3 Å². The Kier molecular flexibility index (Phi) is 4.29. The van der Waals surface area contributed by atoms with E-state index >= 15 is 0 Å². The molecular weight excluding hydrogens is 228 g/mol. The summed E-state index contributed by atoms with van der Waals surface area (Å²) in [6.07, 6.45) is 5.87. The summed E-state index contributed by atoms with van der Waals surface area (Å²) >= 11 is 1.84. The highest BCUT2D eigenvalue weighted by Gasteiger charge is 2.14. The van der Waals surface area contributed by atoms with Crippen molar-refractivity contribution in [2.24, 2.45) is 0 Å². The molecule has 0 saturated heterocycles. The molecule has 0 spiro atoms. The molecule has 2 rings (SSSR count). The summed E-state index contributed by atoms with van der Waals surface area (Å²) in [7, 11) is 2.03. The lowest BCUT2D eigenvalue weighted by Crippen LogP contribution is -2.18. The minimum Gasteiger partial charge on any atom is -0.312 e. The molecular formula is C14H18N2S. The molecule has 0 aromatic carbocycles. The predicted octanol–water partition coefficient (Wildman–Crippen LogP) is 3.21. The summed E-state index contributed by atoms with van der Waals surface area (Å²) in [6, 6.07) is 6.76. The minimum absolute atomic E-state index is 0.397. The van der Waals surface area contributed by atoms with E-state index in [0.717, 1.165) is 12.8 Å². The Labute approximate surface area is 107 Å². The van der Waals surface area contributed by atoms with Crippen LogP contribution in [0.1, 0.15) is 29.0 Å². The second-order valence-corrected chi connectivity index (χ2v) is 5.02. The standard InChI is InChI=1S/C14H18N2S/c1-3-12-6-8-17-14(12)13(15-2)9-11-5-4-7-16-10-11/h4-8,10,13,15H,3,9H2,1-2H3. The van der Waals surface area contributed by atoms with Gasteiger partial charge >= 0.3 is 0 Å². The number of hydrogen-bond acceptors (Lipinski definition) is 3. The Hall–Kier alpha value is -1.19. The Morgan fingerprint density at radius 1 is 1.41 bits per heavy atom. The SMILES string of the molecule is CCc1ccsc1C(Cc1cccnc1)NC. The lowest BCUT2D eigenvalue weighted by Gasteiger charge is -2.16. The molecule has 1 atom stereocenters. The van der Waals surface area contributed by atoms with Crippen LogP contribution < -0.4 is 5.32 Å². The molecule has 90 valence electrons. The number of thiophene rings is 1. The van der Waals surface area contributed by atoms with Gasteiger partial charge in [-0.1, -0.05) is 13.0 Å². The van der Waals surface area contributed by atoms with Gasteiger partial charge in [-0.15, -0.1) is 11.3 Å². The summed E-state index contributed by atoms with van der Waals surface area (Å²) in [5, 5.41) is 5.59. The van der Waals surface area contributed by atoms with Gasteiger partial charge in [0.25, 0.3) is 0 Å². The summed E-state index contributed by atoms with van der Waals surface area (Å²) in [5.74, 6) is 0. The van der Waals surface area contributed by atoms with E-state index in [4.69, 9.17) is 0 Å². The Morgan fingerprint density at radius 3 is 2.94 bits per heavy atom. The third kappa shape index (κ3) is 2.93. The van der Waals surface area contributed by atoms with E-state index in [2.05, 4.69) is 34.7 Å². The zero-order valence-electron chi connectivity index (χ0n) is 10.3. The number of aryl methyl sites for hydroxylation is 1. The highest BCUT2D eigenvalue weighted by molar-refractivity contribution is 7.10. The van der Waals surface area contributed by atoms with Crippen LogP contribution in [0.15, 0.2) is 36.0 Å². The van der Waals surface area contributed by atoms with Crippen LogP contribution in [0.25, 0.3) is 0 Å². The second-order valence-electron chi connectivity index (χ2n) is 4.07. The normalized spacial score (nSPS) is 12.6. The summed E-state index contributed by atoms with van der Waals surface area (Å²) in [6.45, 7) is 2.21. The van der Waals surface area contributed by atoms with Crippen molar-refractivity contribution in [3.8, 4) is 0 Å². The maximum absolute atomic E-state index is 4.17. The van der Waals surface area contributed by atoms with Crippen LogP contribution in [-0.4, -0.2) is 12.0 Å². The molecule has 0 bridgehead atoms. The fraction of sp³-hybridized carbons (Fsp3) is 0.357. The average Bonchev–Trinajstić information content (AvgIpc) is 2.85. The van der Waals surface area contributed by atoms with E-state index in [1.165, 1.54) is 16.0 Å². The topological polar surface area (TPSA) is 24.9 Å². The molecule has 0 aliphatic rings. The van der Waals surface area contributed by atoms with Crippen LogP contribution in [0, 0.1) is 0 Å². The predicted molar refractivity (Wildman–Crippen MR) is 73.4 cm³/mol. The number of pyridine rings is 1. The van der Waals surface area contributed by atoms with Gasteiger partial charge in [-0.05, 0) is 48.5 Å². The largest absolute Gasteiger partial charge is 0.312 e. The molecule has 2 nitrogen and oxygen atoms in total. The highest BCUT2D eigenvalue weighted by atomic mass is 32.1. The highest BCUT2D eigenvalue weighted by Crippen LogP contribution is 2.27. The van der Waals surface area contributed by atoms with Crippen molar-refractivity contribution in [3.63, 3.8) is 0 Å². The van der Waals surface area contributed by atoms with E-state index in [1.807, 2.05) is 36.8 Å². The van der Waals surface area contributed by atoms with Gasteiger partial charge in [0.05, 0.1) is 0 Å². The zero-order chi connectivity index (χ0) is 12.1. The molecule has 2 aromatic heterocycles. The zero-order valence-corrected chi connectivity index (χ0v) is 11.1. The van der Waals surface area contributed by atoms with Crippen molar-refractivity contribution in [2.45, 2.75) is 25.8 Å². The number of likely N-dealkylation sites (N-methyl/N-ethyl adjacent to an activating group) is 1. The third-order valence-electron chi connectivity index (χ3n) is 2.99. The molecule has 17 heavy (non-hydrogen) atoms. The van der Waals surface area contributed by atoms with Crippen molar-refractivity contribution in [3.05, 3.63) is 52.0 Å². The summed E-state index contributed by atoms with van der Waals surface area (Å²) < 4.78 is 0. The fourth-order valence-corrected chi connectivity index (χ4v) is 3.13. The molecule has 3 heteroatoms. The monoisotopic (exact) mass is 246 g/mol. The molecule has 2 aromatic rings. The van der Waals surface area contributed by atoms with Gasteiger partial charge in [-0.3, -0.25) is 4.98 Å². The quantitative estimate of drug-likeness (QED) is 0.876. The molecule has 0 aliphatic heterocycles. The van der Waals surface area contributed by atoms with Crippen LogP contribution in [-0.2, 0) is 12.8 Å². The van der Waals surface area contributed by atoms with E-state index in [0.29, 0.717) is 6.04 Å². The van der Waals surface area contributed by atoms with E-state index in [1.54, 1.807) is 0 Å². The fourth-order valence-electron chi connectivity index (χ4n) is 2.03. The molecule has 0 radical (unpaired) electrons. The van der Waals surface area contributed by atoms with Crippen LogP contribution in [0.4, 0.5) is 0 Å². The Balaban J connectivity index is 2.17. The summed E-state index contributed by atoms with van der Waals surface area (Å²) in [4.78, 5) is 5.63. The number of rotatable bonds is 5. The number of nitrogens with one attached hydrogen (secondary N) is 1. The first-order valence-electron chi connectivity index (χ1n) is 5.97. The smallest absolute Gasteiger partial charge is 0.0456 e. The Morgan fingerprint density at radius 2 is 2.29 bits per heavy atom. The van der Waals surface area contributed by atoms with Gasteiger partial charge in [-0.25, -0.2) is 0 Å². The molecule has 1 N–H and O–H groups in total. The van der Waals surface area contributed by atoms with E-state index < -0.39 is 0 Å². The van der Waals surface area contributed by atoms with E-state index in [-0.39, 0.29) is 0 Å². The molecule has 2 heterocycles. The first kappa shape index (κ1) is 12.3. The lowest BCUT2D eigenvalue weighted by atomic mass is 10.0. The van der Waals surface area contributed by atoms with Crippen LogP contribution in [0.2, 0.25) is 0 Å². The van der Waals surface area contributed by atoms with Crippen molar-refractivity contribution in [1.29, 1.82) is 0 Å². The van der Waals surface area contributed by atoms with E-state index in [9.17, 15) is 0 Å². The van der Waals surface area contributed by atoms with Crippen molar-refractivity contribution < 1.29 is 0 Å². The van der Waals surface area contributed by atoms with Crippen LogP contribution in [0.3, 0.4) is 0 Å². The van der Waals surface area contributed by atoms with Crippen molar-refractivity contribution in [2.75, 3.05) is 7.05 Å². The molecule has 0 amide bonds. The summed E-state index contributed by atoms with van der Waals surface area (Å²) in [5.41, 5.74) is 2.74. The molecule has 1 unspecified atom stereocenters. The minimum atomic E-state index is 0.397. The van der Waals surface area contributed by atoms with Crippen molar-refractivity contribution in [1.82, 2.24) is 10.3 Å². The van der Waals surface area contributed by atoms with Gasteiger partial charge in [-0.2, -0.15) is 0 Å². The van der Waals surface area contributed by atoms with Gasteiger partial charge in [0.1, 0.15) is 0 Å². The lowest BCUT2D eigenvalue weighted by molar-refractivity contribution is 0.596.